The van der Waals surface area contributed by atoms with Gasteiger partial charge in [-0.2, -0.15) is 21.0 Å². The van der Waals surface area contributed by atoms with E-state index in [1.54, 1.807) is 24.3 Å². The first-order valence-corrected chi connectivity index (χ1v) is 7.57. The summed E-state index contributed by atoms with van der Waals surface area (Å²) in [6.07, 6.45) is 4.38. The van der Waals surface area contributed by atoms with Gasteiger partial charge >= 0.3 is 0 Å². The summed E-state index contributed by atoms with van der Waals surface area (Å²) in [5.74, 6) is 0. The lowest BCUT2D eigenvalue weighted by Crippen LogP contribution is -2.09. The Hall–Kier alpha value is -4.92. The number of benzene rings is 1. The van der Waals surface area contributed by atoms with E-state index in [-0.39, 0.29) is 44.2 Å². The molecule has 8 nitrogen and oxygen atoms in total. The number of nitriles is 4. The smallest absolute Gasteiger partial charge is 0.199 e. The van der Waals surface area contributed by atoms with Crippen molar-refractivity contribution in [1.29, 1.82) is 21.0 Å². The minimum absolute atomic E-state index is 0.0263. The topological polar surface area (TPSA) is 156 Å². The van der Waals surface area contributed by atoms with Crippen molar-refractivity contribution in [3.05, 3.63) is 67.4 Å². The van der Waals surface area contributed by atoms with Gasteiger partial charge in [-0.05, 0) is 18.2 Å². The first-order chi connectivity index (χ1) is 13.5. The zero-order valence-corrected chi connectivity index (χ0v) is 13.9. The van der Waals surface area contributed by atoms with Gasteiger partial charge in [-0.25, -0.2) is 0 Å². The third kappa shape index (κ3) is 3.02. The summed E-state index contributed by atoms with van der Waals surface area (Å²) in [7, 11) is 0. The minimum Gasteiger partial charge on any atom is -0.463 e. The molecule has 0 radical (unpaired) electrons. The Labute approximate surface area is 156 Å². The first-order valence-electron chi connectivity index (χ1n) is 7.57. The molecule has 1 aromatic carbocycles. The largest absolute Gasteiger partial charge is 0.463 e. The van der Waals surface area contributed by atoms with Crippen LogP contribution in [0.2, 0.25) is 0 Å². The minimum atomic E-state index is -0.541. The van der Waals surface area contributed by atoms with Crippen molar-refractivity contribution >= 4 is 34.1 Å². The Balaban J connectivity index is 2.34. The van der Waals surface area contributed by atoms with E-state index in [1.807, 2.05) is 0 Å². The third-order valence-corrected chi connectivity index (χ3v) is 3.80. The molecule has 2 heterocycles. The molecule has 0 saturated carbocycles. The van der Waals surface area contributed by atoms with Gasteiger partial charge in [0.15, 0.2) is 10.9 Å². The monoisotopic (exact) mass is 366 g/mol. The lowest BCUT2D eigenvalue weighted by molar-refractivity contribution is 0.588. The molecule has 0 spiro atoms. The van der Waals surface area contributed by atoms with Crippen LogP contribution in [0.3, 0.4) is 0 Å². The number of nitrogens with zero attached hydrogens (tertiary/aromatic N) is 4. The number of hydrogen-bond donors (Lipinski definition) is 0. The van der Waals surface area contributed by atoms with Crippen molar-refractivity contribution in [2.45, 2.75) is 0 Å². The highest BCUT2D eigenvalue weighted by atomic mass is 16.3. The van der Waals surface area contributed by atoms with Crippen LogP contribution >= 0.6 is 0 Å². The molecule has 3 rings (SSSR count). The molecule has 130 valence electrons. The molecule has 0 saturated heterocycles. The van der Waals surface area contributed by atoms with Crippen LogP contribution in [-0.4, -0.2) is 0 Å². The fourth-order valence-corrected chi connectivity index (χ4v) is 2.47. The van der Waals surface area contributed by atoms with Crippen molar-refractivity contribution in [2.24, 2.45) is 0 Å². The highest BCUT2D eigenvalue weighted by Crippen LogP contribution is 2.21. The molecule has 8 heteroatoms. The van der Waals surface area contributed by atoms with Crippen LogP contribution in [0.1, 0.15) is 11.1 Å². The Bertz CT molecular complexity index is 1350. The van der Waals surface area contributed by atoms with Crippen molar-refractivity contribution in [3.8, 4) is 24.3 Å². The van der Waals surface area contributed by atoms with Gasteiger partial charge in [-0.3, -0.25) is 9.59 Å². The second kappa shape index (κ2) is 7.14. The second-order valence-corrected chi connectivity index (χ2v) is 5.45. The predicted octanol–water partition coefficient (Wildman–Crippen LogP) is 2.76. The third-order valence-electron chi connectivity index (χ3n) is 3.80. The molecule has 3 aromatic rings. The van der Waals surface area contributed by atoms with Crippen LogP contribution in [0, 0.1) is 45.3 Å². The molecule has 0 N–H and O–H groups in total. The van der Waals surface area contributed by atoms with E-state index in [2.05, 4.69) is 0 Å². The molecule has 0 aliphatic rings. The zero-order chi connectivity index (χ0) is 20.3. The van der Waals surface area contributed by atoms with Crippen molar-refractivity contribution in [3.63, 3.8) is 0 Å². The maximum atomic E-state index is 12.7. The second-order valence-electron chi connectivity index (χ2n) is 5.45. The van der Waals surface area contributed by atoms with E-state index < -0.39 is 10.9 Å². The SMILES string of the molecule is N#CC(C#N)=Cc1coc2cc3occ(C=C(C#N)C#N)c(=O)c3cc2c1=O. The standard InChI is InChI=1S/C20H6N4O4/c21-5-11(6-22)1-13-9-27-17-4-18-16(3-15(17)19(13)25)20(26)14(10-28-18)2-12(7-23)8-24/h1-4,9-10H. The molecule has 0 unspecified atom stereocenters. The molecule has 0 aliphatic carbocycles. The number of fused-ring (bicyclic) bond motifs is 2. The summed E-state index contributed by atoms with van der Waals surface area (Å²) in [6.45, 7) is 0. The highest BCUT2D eigenvalue weighted by molar-refractivity contribution is 5.94. The van der Waals surface area contributed by atoms with E-state index >= 15 is 0 Å². The average Bonchev–Trinajstić information content (AvgIpc) is 2.72. The van der Waals surface area contributed by atoms with Crippen LogP contribution in [0.15, 0.2) is 54.2 Å². The molecule has 0 fully saturated rings. The molecule has 2 aromatic heterocycles. The van der Waals surface area contributed by atoms with Gasteiger partial charge in [-0.15, -0.1) is 0 Å². The van der Waals surface area contributed by atoms with Crippen LogP contribution in [-0.2, 0) is 0 Å². The quantitative estimate of drug-likeness (QED) is 0.495. The Morgan fingerprint density at radius 2 is 1.11 bits per heavy atom. The molecule has 28 heavy (non-hydrogen) atoms. The number of allylic oxidation sites excluding steroid dienone is 2. The maximum Gasteiger partial charge on any atom is 0.199 e. The molecule has 0 amide bonds. The zero-order valence-electron chi connectivity index (χ0n) is 13.9. The van der Waals surface area contributed by atoms with Crippen molar-refractivity contribution in [1.82, 2.24) is 0 Å². The van der Waals surface area contributed by atoms with Crippen LogP contribution in [0.5, 0.6) is 0 Å². The van der Waals surface area contributed by atoms with E-state index in [4.69, 9.17) is 29.9 Å². The summed E-state index contributed by atoms with van der Waals surface area (Å²) in [4.78, 5) is 25.3. The van der Waals surface area contributed by atoms with Crippen molar-refractivity contribution in [2.75, 3.05) is 0 Å². The summed E-state index contributed by atoms with van der Waals surface area (Å²) in [5.41, 5.74) is -1.40. The highest BCUT2D eigenvalue weighted by Gasteiger charge is 2.13. The van der Waals surface area contributed by atoms with Gasteiger partial charge in [0.2, 0.25) is 0 Å². The summed E-state index contributed by atoms with van der Waals surface area (Å²) in [6, 6.07) is 9.22. The summed E-state index contributed by atoms with van der Waals surface area (Å²) >= 11 is 0. The van der Waals surface area contributed by atoms with E-state index in [0.717, 1.165) is 24.7 Å². The molecular weight excluding hydrogens is 360 g/mol. The normalized spacial score (nSPS) is 9.57. The fraction of sp³-hybridized carbons (Fsp3) is 0. The fourth-order valence-electron chi connectivity index (χ4n) is 2.47. The van der Waals surface area contributed by atoms with Gasteiger partial charge in [0.1, 0.15) is 59.1 Å². The molecular formula is C20H6N4O4. The van der Waals surface area contributed by atoms with E-state index in [0.29, 0.717) is 0 Å². The molecule has 0 bridgehead atoms. The lowest BCUT2D eigenvalue weighted by Gasteiger charge is -2.02. The number of rotatable bonds is 2. The van der Waals surface area contributed by atoms with Crippen molar-refractivity contribution < 1.29 is 8.83 Å². The Morgan fingerprint density at radius 3 is 1.46 bits per heavy atom. The predicted molar refractivity (Wildman–Crippen MR) is 96.9 cm³/mol. The van der Waals surface area contributed by atoms with Gasteiger partial charge in [0, 0.05) is 6.07 Å². The van der Waals surface area contributed by atoms with Crippen LogP contribution in [0.4, 0.5) is 0 Å². The molecule has 0 atom stereocenters. The van der Waals surface area contributed by atoms with Gasteiger partial charge in [0.05, 0.1) is 21.9 Å². The summed E-state index contributed by atoms with van der Waals surface area (Å²) in [5, 5.41) is 35.4. The average molecular weight is 366 g/mol. The van der Waals surface area contributed by atoms with Crippen LogP contribution in [0.25, 0.3) is 34.1 Å². The van der Waals surface area contributed by atoms with E-state index in [1.165, 1.54) is 12.1 Å². The maximum absolute atomic E-state index is 12.7. The molecule has 0 aliphatic heterocycles. The summed E-state index contributed by atoms with van der Waals surface area (Å²) < 4.78 is 10.7. The lowest BCUT2D eigenvalue weighted by atomic mass is 10.1. The van der Waals surface area contributed by atoms with Gasteiger partial charge in [0.25, 0.3) is 0 Å². The van der Waals surface area contributed by atoms with E-state index in [9.17, 15) is 9.59 Å². The Morgan fingerprint density at radius 1 is 0.714 bits per heavy atom. The van der Waals surface area contributed by atoms with Crippen LogP contribution < -0.4 is 10.9 Å². The Kier molecular flexibility index (Phi) is 4.56. The number of hydrogen-bond acceptors (Lipinski definition) is 8. The van der Waals surface area contributed by atoms with Gasteiger partial charge < -0.3 is 8.83 Å². The van der Waals surface area contributed by atoms with Gasteiger partial charge in [-0.1, -0.05) is 0 Å². The first kappa shape index (κ1) is 17.9.